The third-order valence-electron chi connectivity index (χ3n) is 2.92. The summed E-state index contributed by atoms with van der Waals surface area (Å²) in [5, 5.41) is 4.44. The lowest BCUT2D eigenvalue weighted by molar-refractivity contribution is -0.143. The van der Waals surface area contributed by atoms with E-state index in [0.717, 1.165) is 8.93 Å². The average molecular weight is 495 g/mol. The Hall–Kier alpha value is -1.09. The predicted octanol–water partition coefficient (Wildman–Crippen LogP) is 6.10. The molecule has 1 rings (SSSR count). The molecule has 1 aromatic rings. The minimum atomic E-state index is -5.07. The number of hydrogen-bond acceptors (Lipinski definition) is 2. The second-order valence-electron chi connectivity index (χ2n) is 5.95. The van der Waals surface area contributed by atoms with Gasteiger partial charge in [0.15, 0.2) is 0 Å². The molecule has 0 aromatic heterocycles. The number of benzene rings is 1. The van der Waals surface area contributed by atoms with E-state index < -0.39 is 46.1 Å². The highest BCUT2D eigenvalue weighted by Gasteiger charge is 2.40. The van der Waals surface area contributed by atoms with Crippen molar-refractivity contribution in [2.45, 2.75) is 33.1 Å². The largest absolute Gasteiger partial charge is 0.417 e. The lowest BCUT2D eigenvalue weighted by atomic mass is 9.94. The van der Waals surface area contributed by atoms with Crippen molar-refractivity contribution < 1.29 is 31.1 Å². The van der Waals surface area contributed by atoms with Crippen LogP contribution in [0.25, 0.3) is 0 Å². The summed E-state index contributed by atoms with van der Waals surface area (Å²) in [5.74, 6) is 1.45. The predicted molar refractivity (Wildman–Crippen MR) is 93.0 cm³/mol. The van der Waals surface area contributed by atoms with Gasteiger partial charge in [-0.05, 0) is 26.3 Å². The fourth-order valence-electron chi connectivity index (χ4n) is 1.64. The minimum Gasteiger partial charge on any atom is -0.324 e. The van der Waals surface area contributed by atoms with Crippen LogP contribution in [0.2, 0.25) is 0 Å². The standard InChI is InChI=1S/C15H12F6INOS/c1-13(2,3)12(24)23-11-7-8(14(16,17)18)6-10(15(19,20)21)9(11)4-5-25-22/h6-7H,1-3H3,(H,23,24). The molecule has 138 valence electrons. The summed E-state index contributed by atoms with van der Waals surface area (Å²) in [6.07, 6.45) is -10.1. The summed E-state index contributed by atoms with van der Waals surface area (Å²) < 4.78 is 78.6. The quantitative estimate of drug-likeness (QED) is 0.290. The zero-order chi connectivity index (χ0) is 19.6. The van der Waals surface area contributed by atoms with Crippen molar-refractivity contribution in [3.63, 3.8) is 0 Å². The van der Waals surface area contributed by atoms with Gasteiger partial charge in [-0.15, -0.1) is 0 Å². The van der Waals surface area contributed by atoms with Crippen LogP contribution < -0.4 is 5.32 Å². The van der Waals surface area contributed by atoms with Crippen LogP contribution in [0.15, 0.2) is 12.1 Å². The highest BCUT2D eigenvalue weighted by atomic mass is 127. The van der Waals surface area contributed by atoms with Gasteiger partial charge in [-0.25, -0.2) is 0 Å². The molecule has 0 fully saturated rings. The van der Waals surface area contributed by atoms with Crippen molar-refractivity contribution >= 4 is 41.7 Å². The second-order valence-corrected chi connectivity index (χ2v) is 7.63. The average Bonchev–Trinajstić information content (AvgIpc) is 2.42. The first-order valence-corrected chi connectivity index (χ1v) is 9.96. The van der Waals surface area contributed by atoms with E-state index >= 15 is 0 Å². The van der Waals surface area contributed by atoms with E-state index in [1.807, 2.05) is 0 Å². The summed E-state index contributed by atoms with van der Waals surface area (Å²) in [6.45, 7) is 4.44. The highest BCUT2D eigenvalue weighted by Crippen LogP contribution is 2.40. The van der Waals surface area contributed by atoms with E-state index in [1.54, 1.807) is 21.2 Å². The summed E-state index contributed by atoms with van der Waals surface area (Å²) >= 11 is 1.71. The number of nitrogens with one attached hydrogen (secondary N) is 1. The number of carbonyl (C=O) groups is 1. The topological polar surface area (TPSA) is 29.1 Å². The molecule has 10 heteroatoms. The Balaban J connectivity index is 3.72. The maximum absolute atomic E-state index is 13.2. The molecule has 1 amide bonds. The van der Waals surface area contributed by atoms with Gasteiger partial charge in [0.05, 0.1) is 22.4 Å². The van der Waals surface area contributed by atoms with Gasteiger partial charge in [0, 0.05) is 26.6 Å². The summed E-state index contributed by atoms with van der Waals surface area (Å²) in [6, 6.07) is 0.454. The second kappa shape index (κ2) is 7.65. The number of rotatable bonds is 1. The van der Waals surface area contributed by atoms with Crippen LogP contribution in [0.4, 0.5) is 32.0 Å². The number of anilines is 1. The Morgan fingerprint density at radius 3 is 2.04 bits per heavy atom. The third-order valence-corrected chi connectivity index (χ3v) is 3.75. The molecule has 2 nitrogen and oxygen atoms in total. The van der Waals surface area contributed by atoms with Gasteiger partial charge in [0.25, 0.3) is 0 Å². The molecule has 0 bridgehead atoms. The molecule has 0 aliphatic carbocycles. The zero-order valence-corrected chi connectivity index (χ0v) is 16.1. The lowest BCUT2D eigenvalue weighted by Crippen LogP contribution is -2.28. The van der Waals surface area contributed by atoms with E-state index in [-0.39, 0.29) is 6.07 Å². The number of hydrogen-bond donors (Lipinski definition) is 1. The molecule has 0 unspecified atom stereocenters. The van der Waals surface area contributed by atoms with Crippen LogP contribution >= 0.6 is 30.1 Å². The van der Waals surface area contributed by atoms with E-state index in [4.69, 9.17) is 0 Å². The van der Waals surface area contributed by atoms with Gasteiger partial charge in [-0.2, -0.15) is 26.3 Å². The molecule has 1 aromatic carbocycles. The van der Waals surface area contributed by atoms with Gasteiger partial charge in [-0.3, -0.25) is 4.79 Å². The Morgan fingerprint density at radius 2 is 1.64 bits per heavy atom. The van der Waals surface area contributed by atoms with Gasteiger partial charge >= 0.3 is 12.4 Å². The zero-order valence-electron chi connectivity index (χ0n) is 13.1. The third kappa shape index (κ3) is 5.99. The van der Waals surface area contributed by atoms with E-state index in [1.165, 1.54) is 20.8 Å². The highest BCUT2D eigenvalue weighted by molar-refractivity contribution is 14.2. The molecule has 0 aliphatic heterocycles. The Morgan fingerprint density at radius 1 is 1.08 bits per heavy atom. The van der Waals surface area contributed by atoms with Crippen molar-refractivity contribution in [3.05, 3.63) is 28.8 Å². The maximum Gasteiger partial charge on any atom is 0.417 e. The molecule has 0 atom stereocenters. The molecule has 25 heavy (non-hydrogen) atoms. The Labute approximate surface area is 156 Å². The van der Waals surface area contributed by atoms with Gasteiger partial charge in [0.1, 0.15) is 0 Å². The molecule has 1 N–H and O–H groups in total. The Bertz CT molecular complexity index is 725. The fourth-order valence-corrected chi connectivity index (χ4v) is 2.11. The van der Waals surface area contributed by atoms with E-state index in [2.05, 4.69) is 16.5 Å². The minimum absolute atomic E-state index is 0.00534. The molecule has 0 saturated carbocycles. The summed E-state index contributed by atoms with van der Waals surface area (Å²) in [4.78, 5) is 12.1. The number of alkyl halides is 6. The SMILES string of the molecule is CC(C)(C)C(=O)Nc1cc(C(F)(F)F)cc(C(F)(F)F)c1C#CSI. The normalized spacial score (nSPS) is 12.4. The van der Waals surface area contributed by atoms with Crippen molar-refractivity contribution in [1.82, 2.24) is 0 Å². The van der Waals surface area contributed by atoms with Crippen molar-refractivity contribution in [2.24, 2.45) is 5.41 Å². The molecular formula is C15H12F6INOS. The van der Waals surface area contributed by atoms with Crippen molar-refractivity contribution in [3.8, 4) is 11.2 Å². The van der Waals surface area contributed by atoms with Crippen LogP contribution in [-0.4, -0.2) is 5.91 Å². The maximum atomic E-state index is 13.2. The molecule has 0 spiro atoms. The van der Waals surface area contributed by atoms with Gasteiger partial charge in [0.2, 0.25) is 5.91 Å². The molecule has 0 heterocycles. The first-order chi connectivity index (χ1) is 11.2. The Kier molecular flexibility index (Phi) is 6.72. The van der Waals surface area contributed by atoms with Gasteiger partial charge < -0.3 is 5.32 Å². The van der Waals surface area contributed by atoms with Crippen LogP contribution in [0.1, 0.15) is 37.5 Å². The van der Waals surface area contributed by atoms with Crippen LogP contribution in [-0.2, 0) is 17.1 Å². The van der Waals surface area contributed by atoms with Crippen molar-refractivity contribution in [2.75, 3.05) is 5.32 Å². The first kappa shape index (κ1) is 22.0. The molecule has 0 aliphatic rings. The van der Waals surface area contributed by atoms with Crippen molar-refractivity contribution in [1.29, 1.82) is 0 Å². The summed E-state index contributed by atoms with van der Waals surface area (Å²) in [5.41, 5.74) is -5.42. The number of halogens is 7. The number of carbonyl (C=O) groups excluding carboxylic acids is 1. The monoisotopic (exact) mass is 495 g/mol. The molecule has 0 radical (unpaired) electrons. The van der Waals surface area contributed by atoms with Gasteiger partial charge in [-0.1, -0.05) is 26.7 Å². The van der Waals surface area contributed by atoms with Crippen LogP contribution in [0.3, 0.4) is 0 Å². The molecular weight excluding hydrogens is 483 g/mol. The lowest BCUT2D eigenvalue weighted by Gasteiger charge is -2.21. The first-order valence-electron chi connectivity index (χ1n) is 6.60. The van der Waals surface area contributed by atoms with E-state index in [9.17, 15) is 31.1 Å². The van der Waals surface area contributed by atoms with Crippen LogP contribution in [0.5, 0.6) is 0 Å². The van der Waals surface area contributed by atoms with Crippen LogP contribution in [0, 0.1) is 16.6 Å². The summed E-state index contributed by atoms with van der Waals surface area (Å²) in [7, 11) is 0.865. The smallest absolute Gasteiger partial charge is 0.324 e. The fraction of sp³-hybridized carbons (Fsp3) is 0.400. The number of amides is 1. The molecule has 0 saturated heterocycles. The van der Waals surface area contributed by atoms with E-state index in [0.29, 0.717) is 6.07 Å².